The number of imide groups is 1. The predicted octanol–water partition coefficient (Wildman–Crippen LogP) is 4.56. The van der Waals surface area contributed by atoms with Crippen LogP contribution in [-0.4, -0.2) is 37.4 Å². The van der Waals surface area contributed by atoms with Gasteiger partial charge in [0.1, 0.15) is 16.5 Å². The summed E-state index contributed by atoms with van der Waals surface area (Å²) in [5.41, 5.74) is 1.67. The van der Waals surface area contributed by atoms with Crippen molar-refractivity contribution in [2.45, 2.75) is 6.92 Å². The number of anilines is 3. The minimum atomic E-state index is -0.734. The second-order valence-corrected chi connectivity index (χ2v) is 8.17. The Hall–Kier alpha value is -4.63. The summed E-state index contributed by atoms with van der Waals surface area (Å²) in [6.07, 6.45) is 0. The molecule has 0 saturated carbocycles. The van der Waals surface area contributed by atoms with Gasteiger partial charge in [-0.05, 0) is 73.7 Å². The molecule has 37 heavy (non-hydrogen) atoms. The van der Waals surface area contributed by atoms with Crippen LogP contribution in [0.1, 0.15) is 27.6 Å². The van der Waals surface area contributed by atoms with Gasteiger partial charge in [0, 0.05) is 16.9 Å². The largest absolute Gasteiger partial charge is 0.494 e. The van der Waals surface area contributed by atoms with Gasteiger partial charge in [-0.2, -0.15) is 0 Å². The molecule has 0 spiro atoms. The maximum absolute atomic E-state index is 13.0. The molecule has 9 nitrogen and oxygen atoms in total. The Morgan fingerprint density at radius 1 is 0.892 bits per heavy atom. The van der Waals surface area contributed by atoms with E-state index in [9.17, 15) is 19.2 Å². The molecular weight excluding hydrogens is 498 g/mol. The van der Waals surface area contributed by atoms with E-state index in [0.717, 1.165) is 4.90 Å². The summed E-state index contributed by atoms with van der Waals surface area (Å²) >= 11 is 6.19. The summed E-state index contributed by atoms with van der Waals surface area (Å²) < 4.78 is 10.1. The first kappa shape index (κ1) is 25.5. The molecule has 3 amide bonds. The topological polar surface area (TPSA) is 114 Å². The lowest BCUT2D eigenvalue weighted by Crippen LogP contribution is -2.32. The van der Waals surface area contributed by atoms with Crippen molar-refractivity contribution < 1.29 is 28.7 Å². The SMILES string of the molecule is CCOc1ccc(NC(=O)c2ccc(NC3=C(Cl)C(=O)N(c4cccc(C(=O)OC)c4)C3=O)cc2)cc1. The molecule has 188 valence electrons. The number of methoxy groups -OCH3 is 1. The first-order chi connectivity index (χ1) is 17.8. The molecule has 1 heterocycles. The molecule has 0 bridgehead atoms. The zero-order chi connectivity index (χ0) is 26.5. The monoisotopic (exact) mass is 519 g/mol. The van der Waals surface area contributed by atoms with E-state index in [1.807, 2.05) is 6.92 Å². The van der Waals surface area contributed by atoms with Crippen LogP contribution in [0.15, 0.2) is 83.5 Å². The Morgan fingerprint density at radius 3 is 2.22 bits per heavy atom. The number of ether oxygens (including phenoxy) is 2. The Kier molecular flexibility index (Phi) is 7.55. The van der Waals surface area contributed by atoms with E-state index in [4.69, 9.17) is 21.1 Å². The number of nitrogens with zero attached hydrogens (tertiary/aromatic N) is 1. The standard InChI is InChI=1S/C27H22ClN3O6/c1-3-37-21-13-11-19(12-14-21)30-24(32)16-7-9-18(10-8-16)29-23-22(28)25(33)31(26(23)34)20-6-4-5-17(15-20)27(35)36-2/h4-15,29H,3H2,1-2H3,(H,30,32). The number of hydrogen-bond acceptors (Lipinski definition) is 7. The van der Waals surface area contributed by atoms with E-state index in [2.05, 4.69) is 10.6 Å². The van der Waals surface area contributed by atoms with Gasteiger partial charge in [0.05, 0.1) is 25.0 Å². The number of amides is 3. The summed E-state index contributed by atoms with van der Waals surface area (Å²) in [4.78, 5) is 51.1. The third-order valence-corrected chi connectivity index (χ3v) is 5.74. The van der Waals surface area contributed by atoms with Crippen LogP contribution >= 0.6 is 11.6 Å². The van der Waals surface area contributed by atoms with Gasteiger partial charge in [0.2, 0.25) is 0 Å². The van der Waals surface area contributed by atoms with Gasteiger partial charge < -0.3 is 20.1 Å². The number of carbonyl (C=O) groups is 4. The molecule has 10 heteroatoms. The zero-order valence-electron chi connectivity index (χ0n) is 19.9. The highest BCUT2D eigenvalue weighted by atomic mass is 35.5. The molecule has 3 aromatic carbocycles. The third-order valence-electron chi connectivity index (χ3n) is 5.39. The van der Waals surface area contributed by atoms with Crippen LogP contribution in [0.25, 0.3) is 0 Å². The zero-order valence-corrected chi connectivity index (χ0v) is 20.7. The van der Waals surface area contributed by atoms with E-state index >= 15 is 0 Å². The van der Waals surface area contributed by atoms with Crippen LogP contribution in [0, 0.1) is 0 Å². The second kappa shape index (κ2) is 11.0. The fourth-order valence-corrected chi connectivity index (χ4v) is 3.80. The minimum absolute atomic E-state index is 0.123. The average Bonchev–Trinajstić information content (AvgIpc) is 3.12. The highest BCUT2D eigenvalue weighted by Crippen LogP contribution is 2.31. The quantitative estimate of drug-likeness (QED) is 0.331. The maximum atomic E-state index is 13.0. The number of halogens is 1. The summed E-state index contributed by atoms with van der Waals surface area (Å²) in [7, 11) is 1.23. The van der Waals surface area contributed by atoms with Crippen LogP contribution in [-0.2, 0) is 14.3 Å². The van der Waals surface area contributed by atoms with E-state index in [1.165, 1.54) is 31.4 Å². The van der Waals surface area contributed by atoms with Crippen LogP contribution in [0.4, 0.5) is 17.1 Å². The molecule has 1 aliphatic rings. The van der Waals surface area contributed by atoms with Gasteiger partial charge in [-0.25, -0.2) is 9.69 Å². The maximum Gasteiger partial charge on any atom is 0.337 e. The molecule has 2 N–H and O–H groups in total. The number of benzene rings is 3. The first-order valence-electron chi connectivity index (χ1n) is 11.2. The Balaban J connectivity index is 1.45. The Labute approximate surface area is 217 Å². The van der Waals surface area contributed by atoms with Crippen molar-refractivity contribution in [1.29, 1.82) is 0 Å². The molecule has 0 saturated heterocycles. The number of rotatable bonds is 8. The van der Waals surface area contributed by atoms with Gasteiger partial charge in [0.25, 0.3) is 17.7 Å². The second-order valence-electron chi connectivity index (χ2n) is 7.79. The number of nitrogens with one attached hydrogen (secondary N) is 2. The van der Waals surface area contributed by atoms with Gasteiger partial charge in [-0.15, -0.1) is 0 Å². The van der Waals surface area contributed by atoms with E-state index in [0.29, 0.717) is 29.3 Å². The van der Waals surface area contributed by atoms with Gasteiger partial charge in [0.15, 0.2) is 0 Å². The van der Waals surface area contributed by atoms with Crippen LogP contribution in [0.2, 0.25) is 0 Å². The lowest BCUT2D eigenvalue weighted by Gasteiger charge is -2.16. The van der Waals surface area contributed by atoms with Crippen molar-refractivity contribution in [2.75, 3.05) is 29.3 Å². The summed E-state index contributed by atoms with van der Waals surface area (Å²) in [5, 5.41) is 5.35. The van der Waals surface area contributed by atoms with Crippen molar-refractivity contribution in [3.05, 3.63) is 94.7 Å². The number of esters is 1. The molecule has 4 rings (SSSR count). The first-order valence-corrected chi connectivity index (χ1v) is 11.6. The van der Waals surface area contributed by atoms with Gasteiger partial charge in [-0.3, -0.25) is 14.4 Å². The van der Waals surface area contributed by atoms with Crippen molar-refractivity contribution in [2.24, 2.45) is 0 Å². The van der Waals surface area contributed by atoms with E-state index < -0.39 is 17.8 Å². The van der Waals surface area contributed by atoms with Gasteiger partial charge in [-0.1, -0.05) is 17.7 Å². The van der Waals surface area contributed by atoms with E-state index in [-0.39, 0.29) is 27.9 Å². The summed E-state index contributed by atoms with van der Waals surface area (Å²) in [6, 6.07) is 19.2. The smallest absolute Gasteiger partial charge is 0.337 e. The average molecular weight is 520 g/mol. The normalized spacial score (nSPS) is 13.0. The molecule has 1 aliphatic heterocycles. The highest BCUT2D eigenvalue weighted by molar-refractivity contribution is 6.53. The van der Waals surface area contributed by atoms with Crippen molar-refractivity contribution in [1.82, 2.24) is 0 Å². The van der Waals surface area contributed by atoms with Crippen molar-refractivity contribution >= 4 is 52.4 Å². The Morgan fingerprint density at radius 2 is 1.57 bits per heavy atom. The number of hydrogen-bond donors (Lipinski definition) is 2. The molecular formula is C27H22ClN3O6. The van der Waals surface area contributed by atoms with Crippen LogP contribution in [0.3, 0.4) is 0 Å². The lowest BCUT2D eigenvalue weighted by atomic mass is 10.1. The molecule has 3 aromatic rings. The predicted molar refractivity (Wildman–Crippen MR) is 139 cm³/mol. The summed E-state index contributed by atoms with van der Waals surface area (Å²) in [5.74, 6) is -1.64. The molecule has 0 aliphatic carbocycles. The van der Waals surface area contributed by atoms with Crippen LogP contribution < -0.4 is 20.3 Å². The van der Waals surface area contributed by atoms with E-state index in [1.54, 1.807) is 48.5 Å². The van der Waals surface area contributed by atoms with Crippen molar-refractivity contribution in [3.8, 4) is 5.75 Å². The van der Waals surface area contributed by atoms with Gasteiger partial charge >= 0.3 is 5.97 Å². The Bertz CT molecular complexity index is 1400. The molecule has 0 unspecified atom stereocenters. The molecule has 0 aromatic heterocycles. The third kappa shape index (κ3) is 5.46. The highest BCUT2D eigenvalue weighted by Gasteiger charge is 2.39. The lowest BCUT2D eigenvalue weighted by molar-refractivity contribution is -0.120. The molecule has 0 radical (unpaired) electrons. The molecule has 0 fully saturated rings. The van der Waals surface area contributed by atoms with Crippen LogP contribution in [0.5, 0.6) is 5.75 Å². The summed E-state index contributed by atoms with van der Waals surface area (Å²) in [6.45, 7) is 2.44. The fraction of sp³-hybridized carbons (Fsp3) is 0.111. The fourth-order valence-electron chi connectivity index (χ4n) is 3.59. The molecule has 0 atom stereocenters. The number of carbonyl (C=O) groups excluding carboxylic acids is 4. The van der Waals surface area contributed by atoms with Crippen molar-refractivity contribution in [3.63, 3.8) is 0 Å². The minimum Gasteiger partial charge on any atom is -0.494 e.